The van der Waals surface area contributed by atoms with Crippen LogP contribution in [0, 0.1) is 5.82 Å². The summed E-state index contributed by atoms with van der Waals surface area (Å²) in [5.41, 5.74) is 5.73. The average Bonchev–Trinajstić information content (AvgIpc) is 2.24. The first-order chi connectivity index (χ1) is 7.02. The number of hydrogen-bond acceptors (Lipinski definition) is 4. The molecule has 0 fully saturated rings. The molecule has 0 saturated heterocycles. The lowest BCUT2D eigenvalue weighted by atomic mass is 10.1. The van der Waals surface area contributed by atoms with Gasteiger partial charge < -0.3 is 20.7 Å². The number of aliphatic hydroxyl groups excluding tert-OH is 1. The molecule has 0 aromatic heterocycles. The smallest absolute Gasteiger partial charge is 0.174 e. The number of aliphatic hydroxyl groups is 1. The van der Waals surface area contributed by atoms with Gasteiger partial charge >= 0.3 is 0 Å². The highest BCUT2D eigenvalue weighted by molar-refractivity contribution is 6.33. The van der Waals surface area contributed by atoms with Crippen LogP contribution in [0.4, 0.5) is 4.39 Å². The molecule has 0 aliphatic rings. The van der Waals surface area contributed by atoms with Crippen molar-refractivity contribution in [2.75, 3.05) is 13.7 Å². The summed E-state index contributed by atoms with van der Waals surface area (Å²) in [6, 6.07) is 0.175. The fourth-order valence-electron chi connectivity index (χ4n) is 1.19. The van der Waals surface area contributed by atoms with E-state index in [1.807, 2.05) is 0 Å². The van der Waals surface area contributed by atoms with Gasteiger partial charge in [-0.05, 0) is 6.07 Å². The van der Waals surface area contributed by atoms with E-state index in [9.17, 15) is 9.50 Å². The second-order valence-electron chi connectivity index (χ2n) is 2.93. The molecular weight excluding hydrogens is 225 g/mol. The predicted molar refractivity (Wildman–Crippen MR) is 53.6 cm³/mol. The largest absolute Gasteiger partial charge is 0.504 e. The van der Waals surface area contributed by atoms with Crippen molar-refractivity contribution >= 4 is 11.6 Å². The number of ether oxygens (including phenoxy) is 1. The van der Waals surface area contributed by atoms with Gasteiger partial charge in [-0.15, -0.1) is 0 Å². The number of nitrogens with two attached hydrogens (primary N) is 1. The van der Waals surface area contributed by atoms with E-state index in [0.717, 1.165) is 6.07 Å². The second-order valence-corrected chi connectivity index (χ2v) is 3.31. The van der Waals surface area contributed by atoms with Crippen LogP contribution < -0.4 is 10.5 Å². The van der Waals surface area contributed by atoms with Crippen molar-refractivity contribution in [2.24, 2.45) is 5.73 Å². The van der Waals surface area contributed by atoms with E-state index in [-0.39, 0.29) is 22.9 Å². The van der Waals surface area contributed by atoms with Gasteiger partial charge in [-0.3, -0.25) is 0 Å². The molecule has 0 spiro atoms. The molecule has 1 aromatic rings. The van der Waals surface area contributed by atoms with Gasteiger partial charge in [0.15, 0.2) is 11.6 Å². The van der Waals surface area contributed by atoms with E-state index in [0.29, 0.717) is 0 Å². The number of methoxy groups -OCH3 is 1. The Hall–Kier alpha value is -1.04. The van der Waals surface area contributed by atoms with E-state index in [4.69, 9.17) is 27.2 Å². The zero-order valence-corrected chi connectivity index (χ0v) is 8.75. The normalized spacial score (nSPS) is 12.6. The lowest BCUT2D eigenvalue weighted by molar-refractivity contribution is 0.264. The Balaban J connectivity index is 3.38. The zero-order chi connectivity index (χ0) is 11.6. The van der Waals surface area contributed by atoms with Crippen LogP contribution in [-0.2, 0) is 0 Å². The third-order valence-electron chi connectivity index (χ3n) is 1.98. The van der Waals surface area contributed by atoms with E-state index < -0.39 is 17.6 Å². The summed E-state index contributed by atoms with van der Waals surface area (Å²) < 4.78 is 18.0. The summed E-state index contributed by atoms with van der Waals surface area (Å²) in [6.45, 7) is -0.378. The van der Waals surface area contributed by atoms with Crippen molar-refractivity contribution < 1.29 is 19.3 Å². The number of halogens is 2. The van der Waals surface area contributed by atoms with Crippen LogP contribution in [0.25, 0.3) is 0 Å². The van der Waals surface area contributed by atoms with Crippen molar-refractivity contribution in [2.45, 2.75) is 6.04 Å². The molecule has 0 saturated carbocycles. The van der Waals surface area contributed by atoms with Gasteiger partial charge in [-0.2, -0.15) is 0 Å². The minimum atomic E-state index is -0.903. The minimum Gasteiger partial charge on any atom is -0.504 e. The number of aromatic hydroxyl groups is 1. The van der Waals surface area contributed by atoms with Crippen LogP contribution in [0.2, 0.25) is 5.02 Å². The number of rotatable bonds is 3. The van der Waals surface area contributed by atoms with E-state index in [2.05, 4.69) is 0 Å². The molecule has 84 valence electrons. The maximum atomic E-state index is 13.1. The van der Waals surface area contributed by atoms with Gasteiger partial charge in [0.25, 0.3) is 0 Å². The molecule has 0 radical (unpaired) electrons. The van der Waals surface area contributed by atoms with Crippen LogP contribution in [-0.4, -0.2) is 23.9 Å². The summed E-state index contributed by atoms with van der Waals surface area (Å²) in [5, 5.41) is 17.8. The standard InChI is InChI=1S/C9H11ClFNO3/c1-15-9-4(6(12)3-13)2-5(11)8(14)7(9)10/h2,6,13-14H,3,12H2,1H3. The van der Waals surface area contributed by atoms with Crippen LogP contribution in [0.1, 0.15) is 11.6 Å². The van der Waals surface area contributed by atoms with Crippen molar-refractivity contribution in [3.8, 4) is 11.5 Å². The van der Waals surface area contributed by atoms with Gasteiger partial charge in [0.2, 0.25) is 0 Å². The molecule has 4 nitrogen and oxygen atoms in total. The molecule has 1 aromatic carbocycles. The van der Waals surface area contributed by atoms with E-state index in [1.54, 1.807) is 0 Å². The van der Waals surface area contributed by atoms with Crippen LogP contribution >= 0.6 is 11.6 Å². The Bertz CT molecular complexity index is 373. The Morgan fingerprint density at radius 3 is 2.73 bits per heavy atom. The predicted octanol–water partition coefficient (Wildman–Crippen LogP) is 1.19. The first kappa shape index (κ1) is 12.0. The fourth-order valence-corrected chi connectivity index (χ4v) is 1.47. The maximum absolute atomic E-state index is 13.1. The van der Waals surface area contributed by atoms with Gasteiger partial charge in [0, 0.05) is 5.56 Å². The number of benzene rings is 1. The fraction of sp³-hybridized carbons (Fsp3) is 0.333. The first-order valence-corrected chi connectivity index (χ1v) is 4.52. The molecule has 15 heavy (non-hydrogen) atoms. The van der Waals surface area contributed by atoms with Crippen molar-refractivity contribution in [3.05, 3.63) is 22.5 Å². The third kappa shape index (κ3) is 2.14. The highest BCUT2D eigenvalue weighted by Crippen LogP contribution is 2.40. The van der Waals surface area contributed by atoms with Gasteiger partial charge in [0.1, 0.15) is 10.8 Å². The number of phenolic OH excluding ortho intramolecular Hbond substituents is 1. The molecule has 0 bridgehead atoms. The molecule has 0 amide bonds. The lowest BCUT2D eigenvalue weighted by Crippen LogP contribution is -2.16. The number of phenols is 1. The van der Waals surface area contributed by atoms with Crippen molar-refractivity contribution in [1.29, 1.82) is 0 Å². The van der Waals surface area contributed by atoms with Crippen LogP contribution in [0.15, 0.2) is 6.07 Å². The summed E-state index contributed by atoms with van der Waals surface area (Å²) in [4.78, 5) is 0. The Kier molecular flexibility index (Phi) is 3.73. The van der Waals surface area contributed by atoms with Crippen LogP contribution in [0.3, 0.4) is 0 Å². The van der Waals surface area contributed by atoms with Gasteiger partial charge in [0.05, 0.1) is 19.8 Å². The van der Waals surface area contributed by atoms with Crippen molar-refractivity contribution in [1.82, 2.24) is 0 Å². The highest BCUT2D eigenvalue weighted by atomic mass is 35.5. The topological polar surface area (TPSA) is 75.7 Å². The molecule has 1 atom stereocenters. The monoisotopic (exact) mass is 235 g/mol. The quantitative estimate of drug-likeness (QED) is 0.736. The summed E-state index contributed by atoms with van der Waals surface area (Å²) in [6.07, 6.45) is 0. The molecule has 0 aliphatic carbocycles. The summed E-state index contributed by atoms with van der Waals surface area (Å²) in [7, 11) is 1.31. The number of hydrogen-bond donors (Lipinski definition) is 3. The molecule has 6 heteroatoms. The van der Waals surface area contributed by atoms with E-state index >= 15 is 0 Å². The van der Waals surface area contributed by atoms with Gasteiger partial charge in [-0.1, -0.05) is 11.6 Å². The second kappa shape index (κ2) is 4.65. The van der Waals surface area contributed by atoms with Crippen molar-refractivity contribution in [3.63, 3.8) is 0 Å². The summed E-state index contributed by atoms with van der Waals surface area (Å²) in [5.74, 6) is -1.53. The molecule has 1 unspecified atom stereocenters. The third-order valence-corrected chi connectivity index (χ3v) is 2.33. The maximum Gasteiger partial charge on any atom is 0.174 e. The molecule has 4 N–H and O–H groups in total. The summed E-state index contributed by atoms with van der Waals surface area (Å²) >= 11 is 5.65. The Morgan fingerprint density at radius 2 is 2.27 bits per heavy atom. The molecule has 0 aliphatic heterocycles. The zero-order valence-electron chi connectivity index (χ0n) is 8.00. The van der Waals surface area contributed by atoms with Gasteiger partial charge in [-0.25, -0.2) is 4.39 Å². The molecular formula is C9H11ClFNO3. The van der Waals surface area contributed by atoms with E-state index in [1.165, 1.54) is 7.11 Å². The molecule has 0 heterocycles. The molecule has 1 rings (SSSR count). The average molecular weight is 236 g/mol. The first-order valence-electron chi connectivity index (χ1n) is 4.14. The Labute approximate surface area is 91.0 Å². The highest BCUT2D eigenvalue weighted by Gasteiger charge is 2.20. The van der Waals surface area contributed by atoms with Crippen LogP contribution in [0.5, 0.6) is 11.5 Å². The SMILES string of the molecule is COc1c(C(N)CO)cc(F)c(O)c1Cl. The minimum absolute atomic E-state index is 0.0668. The Morgan fingerprint density at radius 1 is 1.67 bits per heavy atom. The lowest BCUT2D eigenvalue weighted by Gasteiger charge is -2.15.